The Morgan fingerprint density at radius 2 is 1.95 bits per heavy atom. The lowest BCUT2D eigenvalue weighted by Gasteiger charge is -2.11. The molecule has 120 valence electrons. The first kappa shape index (κ1) is 17.2. The minimum Gasteiger partial charge on any atom is -0.468 e. The van der Waals surface area contributed by atoms with Crippen molar-refractivity contribution in [1.82, 2.24) is 5.32 Å². The average Bonchev–Trinajstić information content (AvgIpc) is 2.92. The average molecular weight is 305 g/mol. The number of rotatable bonds is 7. The van der Waals surface area contributed by atoms with Gasteiger partial charge in [0, 0.05) is 20.1 Å². The number of carbonyl (C=O) groups is 3. The van der Waals surface area contributed by atoms with E-state index < -0.39 is 30.2 Å². The number of nitrogens with one attached hydrogen (secondary N) is 1. The maximum atomic E-state index is 11.5. The molecule has 1 saturated heterocycles. The molecule has 0 unspecified atom stereocenters. The van der Waals surface area contributed by atoms with Crippen LogP contribution in [0, 0.1) is 0 Å². The molecule has 9 heteroatoms. The zero-order chi connectivity index (χ0) is 15.7. The van der Waals surface area contributed by atoms with Crippen molar-refractivity contribution in [2.75, 3.05) is 34.2 Å². The van der Waals surface area contributed by atoms with Crippen LogP contribution in [0.15, 0.2) is 0 Å². The third-order valence-electron chi connectivity index (χ3n) is 2.70. The van der Waals surface area contributed by atoms with E-state index >= 15 is 0 Å². The molecule has 1 aliphatic heterocycles. The fourth-order valence-electron chi connectivity index (χ4n) is 1.73. The third-order valence-corrected chi connectivity index (χ3v) is 2.70. The SMILES string of the molecule is COCOC(=O)OCCC(=O)O[C@@H]1CN[C@H](C(=O)OC)C1. The van der Waals surface area contributed by atoms with Gasteiger partial charge in [0.15, 0.2) is 6.79 Å². The summed E-state index contributed by atoms with van der Waals surface area (Å²) in [7, 11) is 2.66. The Morgan fingerprint density at radius 3 is 2.62 bits per heavy atom. The van der Waals surface area contributed by atoms with Gasteiger partial charge in [-0.15, -0.1) is 0 Å². The number of hydrogen-bond donors (Lipinski definition) is 1. The molecule has 1 fully saturated rings. The van der Waals surface area contributed by atoms with Gasteiger partial charge in [-0.05, 0) is 0 Å². The van der Waals surface area contributed by atoms with Crippen LogP contribution in [0.4, 0.5) is 4.79 Å². The lowest BCUT2D eigenvalue weighted by atomic mass is 10.2. The predicted molar refractivity (Wildman–Crippen MR) is 67.2 cm³/mol. The van der Waals surface area contributed by atoms with Crippen LogP contribution in [0.25, 0.3) is 0 Å². The fourth-order valence-corrected chi connectivity index (χ4v) is 1.73. The van der Waals surface area contributed by atoms with Gasteiger partial charge in [0.2, 0.25) is 0 Å². The summed E-state index contributed by atoms with van der Waals surface area (Å²) in [4.78, 5) is 33.7. The minimum atomic E-state index is -0.919. The van der Waals surface area contributed by atoms with Gasteiger partial charge in [0.1, 0.15) is 18.8 Å². The summed E-state index contributed by atoms with van der Waals surface area (Å²) in [5.41, 5.74) is 0. The zero-order valence-corrected chi connectivity index (χ0v) is 12.0. The molecule has 0 bridgehead atoms. The molecule has 0 aromatic heterocycles. The Kier molecular flexibility index (Phi) is 7.48. The molecule has 1 N–H and O–H groups in total. The highest BCUT2D eigenvalue weighted by molar-refractivity contribution is 5.76. The first-order valence-electron chi connectivity index (χ1n) is 6.36. The molecule has 1 aliphatic rings. The second-order valence-electron chi connectivity index (χ2n) is 4.23. The minimum absolute atomic E-state index is 0.0958. The van der Waals surface area contributed by atoms with Crippen molar-refractivity contribution >= 4 is 18.1 Å². The van der Waals surface area contributed by atoms with Gasteiger partial charge in [-0.2, -0.15) is 0 Å². The molecule has 2 atom stereocenters. The van der Waals surface area contributed by atoms with Crippen molar-refractivity contribution < 1.29 is 38.1 Å². The van der Waals surface area contributed by atoms with E-state index in [1.54, 1.807) is 0 Å². The Morgan fingerprint density at radius 1 is 1.19 bits per heavy atom. The summed E-state index contributed by atoms with van der Waals surface area (Å²) in [5, 5.41) is 2.89. The van der Waals surface area contributed by atoms with Crippen molar-refractivity contribution in [3.05, 3.63) is 0 Å². The molecule has 0 aromatic carbocycles. The molecule has 21 heavy (non-hydrogen) atoms. The van der Waals surface area contributed by atoms with E-state index in [0.717, 1.165) is 0 Å². The largest absolute Gasteiger partial charge is 0.510 e. The summed E-state index contributed by atoms with van der Waals surface area (Å²) in [6.07, 6.45) is -1.06. The number of carbonyl (C=O) groups excluding carboxylic acids is 3. The lowest BCUT2D eigenvalue weighted by Crippen LogP contribution is -2.31. The maximum Gasteiger partial charge on any atom is 0.510 e. The Bertz CT molecular complexity index is 372. The molecule has 0 aliphatic carbocycles. The first-order chi connectivity index (χ1) is 10.1. The highest BCUT2D eigenvalue weighted by atomic mass is 16.8. The molecule has 0 saturated carbocycles. The molecule has 0 spiro atoms. The predicted octanol–water partition coefficient (Wildman–Crippen LogP) is -0.420. The Labute approximate surface area is 121 Å². The van der Waals surface area contributed by atoms with E-state index in [2.05, 4.69) is 24.3 Å². The topological polar surface area (TPSA) is 109 Å². The monoisotopic (exact) mass is 305 g/mol. The third kappa shape index (κ3) is 6.41. The molecular weight excluding hydrogens is 286 g/mol. The fraction of sp³-hybridized carbons (Fsp3) is 0.750. The van der Waals surface area contributed by atoms with Crippen LogP contribution < -0.4 is 5.32 Å². The second kappa shape index (κ2) is 9.14. The van der Waals surface area contributed by atoms with Gasteiger partial charge in [-0.3, -0.25) is 9.59 Å². The lowest BCUT2D eigenvalue weighted by molar-refractivity contribution is -0.150. The van der Waals surface area contributed by atoms with Crippen molar-refractivity contribution in [3.8, 4) is 0 Å². The van der Waals surface area contributed by atoms with Crippen LogP contribution in [-0.4, -0.2) is 64.4 Å². The standard InChI is InChI=1S/C12H19NO8/c1-17-7-20-12(16)19-4-3-10(14)21-8-5-9(13-6-8)11(15)18-2/h8-9,13H,3-7H2,1-2H3/t8-,9-/m0/s1. The van der Waals surface area contributed by atoms with E-state index in [4.69, 9.17) is 4.74 Å². The van der Waals surface area contributed by atoms with Crippen molar-refractivity contribution in [2.24, 2.45) is 0 Å². The molecule has 1 heterocycles. The molecule has 0 amide bonds. The normalized spacial score (nSPS) is 20.7. The van der Waals surface area contributed by atoms with Crippen LogP contribution in [0.3, 0.4) is 0 Å². The van der Waals surface area contributed by atoms with Crippen LogP contribution in [-0.2, 0) is 33.3 Å². The molecule has 9 nitrogen and oxygen atoms in total. The van der Waals surface area contributed by atoms with E-state index in [1.807, 2.05) is 0 Å². The summed E-state index contributed by atoms with van der Waals surface area (Å²) in [6.45, 7) is 0.0101. The summed E-state index contributed by atoms with van der Waals surface area (Å²) >= 11 is 0. The second-order valence-corrected chi connectivity index (χ2v) is 4.23. The quantitative estimate of drug-likeness (QED) is 0.381. The maximum absolute atomic E-state index is 11.5. The van der Waals surface area contributed by atoms with E-state index in [9.17, 15) is 14.4 Å². The van der Waals surface area contributed by atoms with Crippen LogP contribution in [0.5, 0.6) is 0 Å². The number of esters is 2. The molecule has 1 rings (SSSR count). The highest BCUT2D eigenvalue weighted by Gasteiger charge is 2.32. The van der Waals surface area contributed by atoms with E-state index in [-0.39, 0.29) is 19.8 Å². The number of hydrogen-bond acceptors (Lipinski definition) is 9. The summed E-state index contributed by atoms with van der Waals surface area (Å²) in [6, 6.07) is -0.465. The molecule has 0 aromatic rings. The molecular formula is C12H19NO8. The number of ether oxygens (including phenoxy) is 5. The van der Waals surface area contributed by atoms with Crippen LogP contribution in [0.2, 0.25) is 0 Å². The smallest absolute Gasteiger partial charge is 0.468 e. The molecule has 0 radical (unpaired) electrons. The van der Waals surface area contributed by atoms with Crippen LogP contribution in [0.1, 0.15) is 12.8 Å². The highest BCUT2D eigenvalue weighted by Crippen LogP contribution is 2.12. The van der Waals surface area contributed by atoms with E-state index in [0.29, 0.717) is 13.0 Å². The Balaban J connectivity index is 2.14. The summed E-state index contributed by atoms with van der Waals surface area (Å²) < 4.78 is 23.3. The van der Waals surface area contributed by atoms with Crippen LogP contribution >= 0.6 is 0 Å². The van der Waals surface area contributed by atoms with Gasteiger partial charge in [0.05, 0.1) is 13.5 Å². The van der Waals surface area contributed by atoms with Crippen molar-refractivity contribution in [3.63, 3.8) is 0 Å². The number of methoxy groups -OCH3 is 2. The van der Waals surface area contributed by atoms with Crippen molar-refractivity contribution in [1.29, 1.82) is 0 Å². The van der Waals surface area contributed by atoms with Gasteiger partial charge in [-0.1, -0.05) is 0 Å². The Hall–Kier alpha value is -1.87. The van der Waals surface area contributed by atoms with Gasteiger partial charge >= 0.3 is 18.1 Å². The van der Waals surface area contributed by atoms with Gasteiger partial charge in [0.25, 0.3) is 0 Å². The zero-order valence-electron chi connectivity index (χ0n) is 12.0. The van der Waals surface area contributed by atoms with Gasteiger partial charge in [-0.25, -0.2) is 4.79 Å². The van der Waals surface area contributed by atoms with Gasteiger partial charge < -0.3 is 29.0 Å². The summed E-state index contributed by atoms with van der Waals surface area (Å²) in [5.74, 6) is -0.912. The van der Waals surface area contributed by atoms with E-state index in [1.165, 1.54) is 14.2 Å². The first-order valence-corrected chi connectivity index (χ1v) is 6.36. The van der Waals surface area contributed by atoms with Crippen molar-refractivity contribution in [2.45, 2.75) is 25.0 Å².